The van der Waals surface area contributed by atoms with Gasteiger partial charge in [0.05, 0.1) is 16.0 Å². The van der Waals surface area contributed by atoms with Crippen molar-refractivity contribution in [3.05, 3.63) is 29.0 Å². The van der Waals surface area contributed by atoms with Gasteiger partial charge in [0.25, 0.3) is 0 Å². The van der Waals surface area contributed by atoms with Crippen LogP contribution in [0.2, 0.25) is 5.02 Å². The molecular formula is C9H9ClN4S2. The van der Waals surface area contributed by atoms with Crippen LogP contribution in [-0.2, 0) is 0 Å². The van der Waals surface area contributed by atoms with Crippen LogP contribution in [0.15, 0.2) is 22.7 Å². The molecule has 0 amide bonds. The lowest BCUT2D eigenvalue weighted by Gasteiger charge is -2.07. The Morgan fingerprint density at radius 3 is 2.81 bits per heavy atom. The van der Waals surface area contributed by atoms with Gasteiger partial charge in [-0.1, -0.05) is 34.7 Å². The minimum Gasteiger partial charge on any atom is -0.374 e. The molecule has 0 spiro atoms. The molecule has 0 radical (unpaired) electrons. The minimum absolute atomic E-state index is 0.199. The first kappa shape index (κ1) is 11.6. The van der Waals surface area contributed by atoms with Gasteiger partial charge in [0.15, 0.2) is 4.34 Å². The van der Waals surface area contributed by atoms with Gasteiger partial charge in [0.2, 0.25) is 5.13 Å². The molecule has 0 saturated heterocycles. The van der Waals surface area contributed by atoms with Crippen LogP contribution >= 0.6 is 34.7 Å². The predicted octanol–water partition coefficient (Wildman–Crippen LogP) is 3.02. The Hall–Kier alpha value is -0.850. The van der Waals surface area contributed by atoms with E-state index in [2.05, 4.69) is 22.1 Å². The third-order valence-corrected chi connectivity index (χ3v) is 4.05. The van der Waals surface area contributed by atoms with E-state index < -0.39 is 0 Å². The van der Waals surface area contributed by atoms with E-state index in [4.69, 9.17) is 17.3 Å². The molecule has 2 heterocycles. The molecule has 2 aromatic heterocycles. The van der Waals surface area contributed by atoms with Gasteiger partial charge in [-0.3, -0.25) is 4.98 Å². The normalized spacial score (nSPS) is 12.6. The average molecular weight is 273 g/mol. The molecule has 0 aliphatic rings. The number of pyridine rings is 1. The second-order valence-corrected chi connectivity index (χ2v) is 6.10. The largest absolute Gasteiger partial charge is 0.374 e. The molecule has 16 heavy (non-hydrogen) atoms. The van der Waals surface area contributed by atoms with E-state index in [-0.39, 0.29) is 5.25 Å². The van der Waals surface area contributed by atoms with E-state index in [9.17, 15) is 0 Å². The first-order valence-electron chi connectivity index (χ1n) is 4.52. The molecule has 84 valence electrons. The molecule has 0 bridgehead atoms. The second kappa shape index (κ2) is 4.99. The maximum atomic E-state index is 5.77. The topological polar surface area (TPSA) is 64.7 Å². The van der Waals surface area contributed by atoms with Crippen molar-refractivity contribution in [3.8, 4) is 0 Å². The number of nitrogen functional groups attached to an aromatic ring is 1. The number of anilines is 1. The van der Waals surface area contributed by atoms with Crippen LogP contribution in [0.1, 0.15) is 17.9 Å². The summed E-state index contributed by atoms with van der Waals surface area (Å²) < 4.78 is 0.849. The molecule has 0 aliphatic carbocycles. The summed E-state index contributed by atoms with van der Waals surface area (Å²) in [5.41, 5.74) is 6.47. The van der Waals surface area contributed by atoms with Gasteiger partial charge < -0.3 is 5.73 Å². The van der Waals surface area contributed by atoms with Crippen molar-refractivity contribution < 1.29 is 0 Å². The first-order valence-corrected chi connectivity index (χ1v) is 6.59. The Kier molecular flexibility index (Phi) is 3.63. The zero-order valence-electron chi connectivity index (χ0n) is 8.42. The Balaban J connectivity index is 2.08. The van der Waals surface area contributed by atoms with E-state index in [0.29, 0.717) is 10.2 Å². The number of hydrogen-bond acceptors (Lipinski definition) is 6. The van der Waals surface area contributed by atoms with Crippen LogP contribution in [-0.4, -0.2) is 15.2 Å². The molecule has 0 aromatic carbocycles. The Bertz CT molecular complexity index is 471. The van der Waals surface area contributed by atoms with Crippen LogP contribution in [0.3, 0.4) is 0 Å². The Morgan fingerprint density at radius 2 is 2.25 bits per heavy atom. The van der Waals surface area contributed by atoms with E-state index in [1.165, 1.54) is 11.3 Å². The van der Waals surface area contributed by atoms with E-state index >= 15 is 0 Å². The molecule has 0 fully saturated rings. The number of halogens is 1. The highest BCUT2D eigenvalue weighted by Gasteiger charge is 2.11. The van der Waals surface area contributed by atoms with Crippen molar-refractivity contribution in [2.24, 2.45) is 0 Å². The molecule has 0 aliphatic heterocycles. The third kappa shape index (κ3) is 2.84. The predicted molar refractivity (Wildman–Crippen MR) is 67.8 cm³/mol. The molecule has 1 atom stereocenters. The highest BCUT2D eigenvalue weighted by Crippen LogP contribution is 2.35. The third-order valence-electron chi connectivity index (χ3n) is 1.87. The minimum atomic E-state index is 0.199. The lowest BCUT2D eigenvalue weighted by atomic mass is 10.3. The van der Waals surface area contributed by atoms with Crippen molar-refractivity contribution in [1.82, 2.24) is 15.2 Å². The van der Waals surface area contributed by atoms with Crippen molar-refractivity contribution in [2.75, 3.05) is 5.73 Å². The van der Waals surface area contributed by atoms with Gasteiger partial charge in [0, 0.05) is 6.20 Å². The first-order chi connectivity index (χ1) is 7.65. The number of aromatic nitrogens is 3. The fraction of sp³-hybridized carbons (Fsp3) is 0.222. The fourth-order valence-corrected chi connectivity index (χ4v) is 3.09. The van der Waals surface area contributed by atoms with Crippen LogP contribution in [0.5, 0.6) is 0 Å². The zero-order valence-corrected chi connectivity index (χ0v) is 10.8. The molecule has 1 unspecified atom stereocenters. The quantitative estimate of drug-likeness (QED) is 0.870. The summed E-state index contributed by atoms with van der Waals surface area (Å²) >= 11 is 8.74. The Labute approximate surface area is 106 Å². The summed E-state index contributed by atoms with van der Waals surface area (Å²) in [5.74, 6) is 0. The second-order valence-electron chi connectivity index (χ2n) is 3.07. The highest BCUT2D eigenvalue weighted by molar-refractivity contribution is 8.01. The smallest absolute Gasteiger partial charge is 0.203 e. The number of thioether (sulfide) groups is 1. The van der Waals surface area contributed by atoms with Gasteiger partial charge >= 0.3 is 0 Å². The lowest BCUT2D eigenvalue weighted by molar-refractivity contribution is 0.980. The van der Waals surface area contributed by atoms with Crippen LogP contribution < -0.4 is 5.73 Å². The van der Waals surface area contributed by atoms with Gasteiger partial charge in [-0.15, -0.1) is 10.2 Å². The zero-order chi connectivity index (χ0) is 11.5. The number of nitrogens with zero attached hydrogens (tertiary/aromatic N) is 3. The highest BCUT2D eigenvalue weighted by atomic mass is 35.5. The summed E-state index contributed by atoms with van der Waals surface area (Å²) in [4.78, 5) is 4.25. The lowest BCUT2D eigenvalue weighted by Crippen LogP contribution is -1.91. The van der Waals surface area contributed by atoms with Gasteiger partial charge in [0.1, 0.15) is 0 Å². The Morgan fingerprint density at radius 1 is 1.44 bits per heavy atom. The van der Waals surface area contributed by atoms with Crippen molar-refractivity contribution in [1.29, 1.82) is 0 Å². The summed E-state index contributed by atoms with van der Waals surface area (Å²) in [6, 6.07) is 3.74. The SMILES string of the molecule is CC(Sc1nnc(N)s1)c1ccc(Cl)cn1. The standard InChI is InChI=1S/C9H9ClN4S2/c1-5(7-3-2-6(10)4-12-7)15-9-14-13-8(11)16-9/h2-5H,1H3,(H2,11,13). The van der Waals surface area contributed by atoms with Gasteiger partial charge in [-0.2, -0.15) is 0 Å². The van der Waals surface area contributed by atoms with Crippen molar-refractivity contribution >= 4 is 39.8 Å². The number of nitrogens with two attached hydrogens (primary N) is 1. The van der Waals surface area contributed by atoms with Crippen molar-refractivity contribution in [3.63, 3.8) is 0 Å². The molecule has 0 saturated carbocycles. The number of rotatable bonds is 3. The van der Waals surface area contributed by atoms with E-state index in [1.807, 2.05) is 12.1 Å². The number of hydrogen-bond donors (Lipinski definition) is 1. The molecule has 2 N–H and O–H groups in total. The summed E-state index contributed by atoms with van der Waals surface area (Å²) in [6.07, 6.45) is 1.64. The summed E-state index contributed by atoms with van der Waals surface area (Å²) in [5, 5.41) is 9.04. The van der Waals surface area contributed by atoms with Gasteiger partial charge in [-0.05, 0) is 19.1 Å². The molecule has 2 rings (SSSR count). The molecule has 4 nitrogen and oxygen atoms in total. The van der Waals surface area contributed by atoms with Gasteiger partial charge in [-0.25, -0.2) is 0 Å². The summed E-state index contributed by atoms with van der Waals surface area (Å²) in [7, 11) is 0. The van der Waals surface area contributed by atoms with Crippen LogP contribution in [0.25, 0.3) is 0 Å². The maximum absolute atomic E-state index is 5.77. The van der Waals surface area contributed by atoms with Crippen LogP contribution in [0, 0.1) is 0 Å². The maximum Gasteiger partial charge on any atom is 0.203 e. The van der Waals surface area contributed by atoms with E-state index in [1.54, 1.807) is 18.0 Å². The summed E-state index contributed by atoms with van der Waals surface area (Å²) in [6.45, 7) is 2.05. The molecule has 7 heteroatoms. The van der Waals surface area contributed by atoms with Crippen molar-refractivity contribution in [2.45, 2.75) is 16.5 Å². The average Bonchev–Trinajstić information content (AvgIpc) is 2.65. The van der Waals surface area contributed by atoms with E-state index in [0.717, 1.165) is 10.0 Å². The monoisotopic (exact) mass is 272 g/mol. The molecule has 2 aromatic rings. The fourth-order valence-electron chi connectivity index (χ4n) is 1.11. The van der Waals surface area contributed by atoms with Crippen LogP contribution in [0.4, 0.5) is 5.13 Å². The molecular weight excluding hydrogens is 264 g/mol.